The topological polar surface area (TPSA) is 49.9 Å². The largest absolute Gasteiger partial charge is 0.491 e. The summed E-state index contributed by atoms with van der Waals surface area (Å²) in [6, 6.07) is 14.0. The first-order valence-electron chi connectivity index (χ1n) is 12.0. The number of para-hydroxylation sites is 1. The summed E-state index contributed by atoms with van der Waals surface area (Å²) in [5, 5.41) is 0. The molecule has 0 saturated carbocycles. The van der Waals surface area contributed by atoms with Crippen LogP contribution >= 0.6 is 0 Å². The number of rotatable bonds is 1. The van der Waals surface area contributed by atoms with Crippen molar-refractivity contribution < 1.29 is 18.7 Å². The van der Waals surface area contributed by atoms with Crippen molar-refractivity contribution in [1.82, 2.24) is 9.80 Å². The Kier molecular flexibility index (Phi) is 7.31. The van der Waals surface area contributed by atoms with E-state index >= 15 is 0 Å². The summed E-state index contributed by atoms with van der Waals surface area (Å²) in [5.41, 5.74) is 1.14. The van der Waals surface area contributed by atoms with Gasteiger partial charge in [0.1, 0.15) is 18.2 Å². The standard InChI is InChI=1S/C27H33FN2O3/c1-29-18-19-33-24-12-5-4-9-21(24)8-3-2-6-13-27(26(29)32)14-16-30(17-15-27)25(31)22-10-7-11-23(28)20-22/h4-5,7,9-12,20H,2-3,6,8,13-19H2,1H3. The quantitative estimate of drug-likeness (QED) is 0.630. The number of piperidine rings is 1. The molecule has 2 aliphatic rings. The first-order chi connectivity index (χ1) is 16.0. The number of hydrogen-bond donors (Lipinski definition) is 0. The summed E-state index contributed by atoms with van der Waals surface area (Å²) in [6.45, 7) is 2.01. The van der Waals surface area contributed by atoms with Crippen molar-refractivity contribution in [2.75, 3.05) is 33.3 Å². The monoisotopic (exact) mass is 452 g/mol. The zero-order chi connectivity index (χ0) is 23.3. The molecule has 0 aliphatic carbocycles. The van der Waals surface area contributed by atoms with E-state index in [0.717, 1.165) is 37.9 Å². The number of halogens is 1. The number of fused-ring (bicyclic) bond motifs is 1. The summed E-state index contributed by atoms with van der Waals surface area (Å²) in [4.78, 5) is 30.0. The molecule has 1 spiro atoms. The van der Waals surface area contributed by atoms with E-state index in [0.29, 0.717) is 44.6 Å². The van der Waals surface area contributed by atoms with Crippen molar-refractivity contribution in [2.45, 2.75) is 44.9 Å². The highest BCUT2D eigenvalue weighted by molar-refractivity contribution is 5.94. The molecule has 2 aromatic carbocycles. The number of ether oxygens (including phenoxy) is 1. The fraction of sp³-hybridized carbons (Fsp3) is 0.481. The third kappa shape index (κ3) is 5.37. The van der Waals surface area contributed by atoms with Crippen molar-refractivity contribution in [1.29, 1.82) is 0 Å². The third-order valence-electron chi connectivity index (χ3n) is 7.14. The van der Waals surface area contributed by atoms with Gasteiger partial charge >= 0.3 is 0 Å². The highest BCUT2D eigenvalue weighted by Crippen LogP contribution is 2.39. The van der Waals surface area contributed by atoms with Crippen LogP contribution in [0.25, 0.3) is 0 Å². The maximum Gasteiger partial charge on any atom is 0.253 e. The van der Waals surface area contributed by atoms with Crippen molar-refractivity contribution in [3.8, 4) is 5.75 Å². The second-order valence-electron chi connectivity index (χ2n) is 9.33. The van der Waals surface area contributed by atoms with Gasteiger partial charge in [-0.25, -0.2) is 4.39 Å². The predicted molar refractivity (Wildman–Crippen MR) is 126 cm³/mol. The maximum absolute atomic E-state index is 13.6. The average molecular weight is 453 g/mol. The molecule has 5 nitrogen and oxygen atoms in total. The number of carbonyl (C=O) groups excluding carboxylic acids is 2. The molecule has 2 amide bonds. The van der Waals surface area contributed by atoms with Crippen LogP contribution in [-0.2, 0) is 11.2 Å². The van der Waals surface area contributed by atoms with Gasteiger partial charge < -0.3 is 14.5 Å². The molecule has 1 fully saturated rings. The van der Waals surface area contributed by atoms with Crippen LogP contribution < -0.4 is 4.74 Å². The van der Waals surface area contributed by atoms with Gasteiger partial charge in [0.15, 0.2) is 0 Å². The summed E-state index contributed by atoms with van der Waals surface area (Å²) in [5.74, 6) is 0.486. The Morgan fingerprint density at radius 1 is 0.970 bits per heavy atom. The normalized spacial score (nSPS) is 19.6. The molecular formula is C27H33FN2O3. The number of aryl methyl sites for hydroxylation is 1. The van der Waals surface area contributed by atoms with Gasteiger partial charge in [-0.2, -0.15) is 0 Å². The van der Waals surface area contributed by atoms with Gasteiger partial charge in [-0.1, -0.05) is 37.1 Å². The Balaban J connectivity index is 1.44. The van der Waals surface area contributed by atoms with E-state index in [9.17, 15) is 14.0 Å². The maximum atomic E-state index is 13.6. The van der Waals surface area contributed by atoms with Gasteiger partial charge in [-0.3, -0.25) is 9.59 Å². The van der Waals surface area contributed by atoms with Crippen LogP contribution in [0.3, 0.4) is 0 Å². The van der Waals surface area contributed by atoms with E-state index in [1.807, 2.05) is 25.2 Å². The van der Waals surface area contributed by atoms with Crippen molar-refractivity contribution in [3.05, 3.63) is 65.5 Å². The number of likely N-dealkylation sites (tertiary alicyclic amines) is 1. The van der Waals surface area contributed by atoms with Crippen LogP contribution in [0.4, 0.5) is 4.39 Å². The van der Waals surface area contributed by atoms with E-state index in [1.165, 1.54) is 17.7 Å². The van der Waals surface area contributed by atoms with E-state index in [2.05, 4.69) is 6.07 Å². The lowest BCUT2D eigenvalue weighted by Crippen LogP contribution is -2.51. The summed E-state index contributed by atoms with van der Waals surface area (Å²) >= 11 is 0. The molecule has 176 valence electrons. The highest BCUT2D eigenvalue weighted by atomic mass is 19.1. The minimum atomic E-state index is -0.450. The molecule has 33 heavy (non-hydrogen) atoms. The third-order valence-corrected chi connectivity index (χ3v) is 7.14. The Bertz CT molecular complexity index is 985. The molecule has 0 aromatic heterocycles. The number of carbonyl (C=O) groups is 2. The van der Waals surface area contributed by atoms with Crippen LogP contribution in [-0.4, -0.2) is 54.9 Å². The predicted octanol–water partition coefficient (Wildman–Crippen LogP) is 4.70. The summed E-state index contributed by atoms with van der Waals surface area (Å²) in [7, 11) is 1.85. The summed E-state index contributed by atoms with van der Waals surface area (Å²) in [6.07, 6.45) is 6.18. The van der Waals surface area contributed by atoms with Gasteiger partial charge in [0, 0.05) is 25.7 Å². The molecular weight excluding hydrogens is 419 g/mol. The second-order valence-corrected chi connectivity index (χ2v) is 9.33. The SMILES string of the molecule is CN1CCOc2ccccc2CCCCCC2(CCN(C(=O)c3cccc(F)c3)CC2)C1=O. The second kappa shape index (κ2) is 10.4. The number of likely N-dealkylation sites (N-methyl/N-ethyl adjacent to an activating group) is 1. The Morgan fingerprint density at radius 2 is 1.76 bits per heavy atom. The minimum Gasteiger partial charge on any atom is -0.491 e. The van der Waals surface area contributed by atoms with Gasteiger partial charge in [-0.05, 0) is 61.9 Å². The van der Waals surface area contributed by atoms with Crippen LogP contribution in [0.2, 0.25) is 0 Å². The molecule has 1 saturated heterocycles. The molecule has 0 bridgehead atoms. The highest BCUT2D eigenvalue weighted by Gasteiger charge is 2.43. The molecule has 0 N–H and O–H groups in total. The lowest BCUT2D eigenvalue weighted by Gasteiger charge is -2.42. The molecule has 6 heteroatoms. The molecule has 0 radical (unpaired) electrons. The van der Waals surface area contributed by atoms with Gasteiger partial charge in [-0.15, -0.1) is 0 Å². The van der Waals surface area contributed by atoms with E-state index in [4.69, 9.17) is 4.74 Å². The molecule has 2 aliphatic heterocycles. The zero-order valence-electron chi connectivity index (χ0n) is 19.4. The van der Waals surface area contributed by atoms with Crippen LogP contribution in [0, 0.1) is 11.2 Å². The molecule has 0 atom stereocenters. The first-order valence-corrected chi connectivity index (χ1v) is 12.0. The van der Waals surface area contributed by atoms with Crippen molar-refractivity contribution in [3.63, 3.8) is 0 Å². The van der Waals surface area contributed by atoms with E-state index in [-0.39, 0.29) is 11.8 Å². The van der Waals surface area contributed by atoms with Gasteiger partial charge in [0.25, 0.3) is 5.91 Å². The van der Waals surface area contributed by atoms with Crippen LogP contribution in [0.1, 0.15) is 54.4 Å². The fourth-order valence-corrected chi connectivity index (χ4v) is 5.12. The van der Waals surface area contributed by atoms with Crippen LogP contribution in [0.15, 0.2) is 48.5 Å². The fourth-order valence-electron chi connectivity index (χ4n) is 5.12. The Labute approximate surface area is 195 Å². The summed E-state index contributed by atoms with van der Waals surface area (Å²) < 4.78 is 19.6. The minimum absolute atomic E-state index is 0.150. The number of hydrogen-bond acceptors (Lipinski definition) is 3. The van der Waals surface area contributed by atoms with E-state index < -0.39 is 11.2 Å². The van der Waals surface area contributed by atoms with Gasteiger partial charge in [0.05, 0.1) is 12.0 Å². The van der Waals surface area contributed by atoms with Crippen molar-refractivity contribution in [2.24, 2.45) is 5.41 Å². The van der Waals surface area contributed by atoms with Crippen LogP contribution in [0.5, 0.6) is 5.75 Å². The van der Waals surface area contributed by atoms with Crippen molar-refractivity contribution >= 4 is 11.8 Å². The first kappa shape index (κ1) is 23.3. The smallest absolute Gasteiger partial charge is 0.253 e. The Morgan fingerprint density at radius 3 is 2.55 bits per heavy atom. The zero-order valence-corrected chi connectivity index (χ0v) is 19.4. The number of benzene rings is 2. The Hall–Kier alpha value is -2.89. The molecule has 2 heterocycles. The van der Waals surface area contributed by atoms with Gasteiger partial charge in [0.2, 0.25) is 5.91 Å². The average Bonchev–Trinajstić information content (AvgIpc) is 2.84. The number of nitrogens with zero attached hydrogens (tertiary/aromatic N) is 2. The molecule has 4 rings (SSSR count). The molecule has 2 aromatic rings. The number of amides is 2. The molecule has 0 unspecified atom stereocenters. The van der Waals surface area contributed by atoms with E-state index in [1.54, 1.807) is 21.9 Å². The lowest BCUT2D eigenvalue weighted by atomic mass is 9.73. The lowest BCUT2D eigenvalue weighted by molar-refractivity contribution is -0.144.